The lowest BCUT2D eigenvalue weighted by Gasteiger charge is -2.07. The molecule has 0 bridgehead atoms. The van der Waals surface area contributed by atoms with E-state index in [2.05, 4.69) is 5.32 Å². The Balaban J connectivity index is 1.94. The van der Waals surface area contributed by atoms with E-state index in [1.54, 1.807) is 69.7 Å². The van der Waals surface area contributed by atoms with Crippen LogP contribution in [0.2, 0.25) is 0 Å². The highest BCUT2D eigenvalue weighted by Gasteiger charge is 2.06. The van der Waals surface area contributed by atoms with Crippen LogP contribution in [0.4, 0.5) is 5.69 Å². The molecule has 2 aromatic rings. The Bertz CT molecular complexity index is 675. The Hall–Kier alpha value is -2.95. The van der Waals surface area contributed by atoms with Crippen LogP contribution < -0.4 is 19.5 Å². The number of hydrogen-bond donors (Lipinski definition) is 1. The van der Waals surface area contributed by atoms with Crippen LogP contribution in [0.3, 0.4) is 0 Å². The normalized spacial score (nSPS) is 10.8. The first-order valence-corrected chi connectivity index (χ1v) is 7.05. The summed E-state index contributed by atoms with van der Waals surface area (Å²) >= 11 is 0. The van der Waals surface area contributed by atoms with Crippen molar-refractivity contribution in [1.29, 1.82) is 0 Å². The van der Waals surface area contributed by atoms with E-state index in [-0.39, 0.29) is 5.91 Å². The van der Waals surface area contributed by atoms with E-state index in [1.807, 2.05) is 0 Å². The molecule has 0 fully saturated rings. The SMILES string of the molecule is COc1ccc(NC(=O)/C(C)=C/Oc2ccc(OC)cc2)cc1. The van der Waals surface area contributed by atoms with Crippen LogP contribution in [-0.2, 0) is 4.79 Å². The molecule has 1 amide bonds. The second-order valence-corrected chi connectivity index (χ2v) is 4.78. The van der Waals surface area contributed by atoms with Gasteiger partial charge in [-0.15, -0.1) is 0 Å². The maximum absolute atomic E-state index is 12.1. The maximum Gasteiger partial charge on any atom is 0.254 e. The third-order valence-electron chi connectivity index (χ3n) is 3.14. The zero-order valence-electron chi connectivity index (χ0n) is 13.3. The van der Waals surface area contributed by atoms with Crippen LogP contribution in [0.25, 0.3) is 0 Å². The summed E-state index contributed by atoms with van der Waals surface area (Å²) < 4.78 is 15.6. The molecule has 2 aromatic carbocycles. The van der Waals surface area contributed by atoms with Gasteiger partial charge in [-0.05, 0) is 55.5 Å². The van der Waals surface area contributed by atoms with Gasteiger partial charge in [-0.2, -0.15) is 0 Å². The smallest absolute Gasteiger partial charge is 0.254 e. The minimum Gasteiger partial charge on any atom is -0.497 e. The predicted molar refractivity (Wildman–Crippen MR) is 89.0 cm³/mol. The molecular formula is C18H19NO4. The number of ether oxygens (including phenoxy) is 3. The molecule has 0 aliphatic rings. The molecule has 5 nitrogen and oxygen atoms in total. The van der Waals surface area contributed by atoms with Crippen molar-refractivity contribution in [3.63, 3.8) is 0 Å². The standard InChI is InChI=1S/C18H19NO4/c1-13(12-23-17-10-8-16(22-3)9-11-17)18(20)19-14-4-6-15(21-2)7-5-14/h4-12H,1-3H3,(H,19,20)/b13-12+. The second kappa shape index (κ2) is 7.89. The molecule has 0 heterocycles. The summed E-state index contributed by atoms with van der Waals surface area (Å²) in [5.41, 5.74) is 1.14. The summed E-state index contributed by atoms with van der Waals surface area (Å²) in [6, 6.07) is 14.2. The van der Waals surface area contributed by atoms with Crippen molar-refractivity contribution in [2.75, 3.05) is 19.5 Å². The fraction of sp³-hybridized carbons (Fsp3) is 0.167. The van der Waals surface area contributed by atoms with Crippen LogP contribution >= 0.6 is 0 Å². The molecule has 23 heavy (non-hydrogen) atoms. The maximum atomic E-state index is 12.1. The molecule has 0 aromatic heterocycles. The Morgan fingerprint density at radius 2 is 1.35 bits per heavy atom. The molecule has 120 valence electrons. The lowest BCUT2D eigenvalue weighted by atomic mass is 10.2. The summed E-state index contributed by atoms with van der Waals surface area (Å²) in [7, 11) is 3.19. The van der Waals surface area contributed by atoms with E-state index in [0.717, 1.165) is 11.5 Å². The third kappa shape index (κ3) is 4.78. The van der Waals surface area contributed by atoms with Crippen LogP contribution in [0, 0.1) is 0 Å². The highest BCUT2D eigenvalue weighted by Crippen LogP contribution is 2.18. The number of anilines is 1. The number of methoxy groups -OCH3 is 2. The fourth-order valence-corrected chi connectivity index (χ4v) is 1.77. The van der Waals surface area contributed by atoms with Gasteiger partial charge in [0.15, 0.2) is 0 Å². The number of rotatable bonds is 6. The Morgan fingerprint density at radius 1 is 0.870 bits per heavy atom. The summed E-state index contributed by atoms with van der Waals surface area (Å²) in [6.07, 6.45) is 1.42. The van der Waals surface area contributed by atoms with Gasteiger partial charge in [0.2, 0.25) is 0 Å². The quantitative estimate of drug-likeness (QED) is 0.653. The Morgan fingerprint density at radius 3 is 1.87 bits per heavy atom. The molecule has 0 atom stereocenters. The zero-order chi connectivity index (χ0) is 16.7. The van der Waals surface area contributed by atoms with E-state index >= 15 is 0 Å². The van der Waals surface area contributed by atoms with E-state index in [4.69, 9.17) is 14.2 Å². The third-order valence-corrected chi connectivity index (χ3v) is 3.14. The highest BCUT2D eigenvalue weighted by atomic mass is 16.5. The van der Waals surface area contributed by atoms with Crippen molar-refractivity contribution in [3.8, 4) is 17.2 Å². The topological polar surface area (TPSA) is 56.8 Å². The summed E-state index contributed by atoms with van der Waals surface area (Å²) in [6.45, 7) is 1.68. The molecule has 0 spiro atoms. The first-order chi connectivity index (χ1) is 11.1. The minimum absolute atomic E-state index is 0.233. The lowest BCUT2D eigenvalue weighted by molar-refractivity contribution is -0.112. The average molecular weight is 313 g/mol. The van der Waals surface area contributed by atoms with Crippen molar-refractivity contribution in [2.45, 2.75) is 6.92 Å². The minimum atomic E-state index is -0.233. The zero-order valence-corrected chi connectivity index (χ0v) is 13.3. The second-order valence-electron chi connectivity index (χ2n) is 4.78. The van der Waals surface area contributed by atoms with E-state index in [1.165, 1.54) is 6.26 Å². The largest absolute Gasteiger partial charge is 0.497 e. The number of hydrogen-bond acceptors (Lipinski definition) is 4. The number of benzene rings is 2. The van der Waals surface area contributed by atoms with Gasteiger partial charge in [-0.25, -0.2) is 0 Å². The number of carbonyl (C=O) groups is 1. The highest BCUT2D eigenvalue weighted by molar-refractivity contribution is 6.03. The Labute approximate surface area is 135 Å². The van der Waals surface area contributed by atoms with Gasteiger partial charge in [0.05, 0.1) is 20.5 Å². The number of amides is 1. The molecule has 0 aliphatic carbocycles. The monoisotopic (exact) mass is 313 g/mol. The molecule has 0 aliphatic heterocycles. The van der Waals surface area contributed by atoms with Crippen molar-refractivity contribution in [2.24, 2.45) is 0 Å². The summed E-state index contributed by atoms with van der Waals surface area (Å²) in [5, 5.41) is 2.78. The van der Waals surface area contributed by atoms with Crippen molar-refractivity contribution in [3.05, 3.63) is 60.4 Å². The van der Waals surface area contributed by atoms with Gasteiger partial charge in [-0.1, -0.05) is 0 Å². The number of nitrogens with one attached hydrogen (secondary N) is 1. The molecule has 0 radical (unpaired) electrons. The van der Waals surface area contributed by atoms with Gasteiger partial charge in [-0.3, -0.25) is 4.79 Å². The molecule has 0 saturated heterocycles. The fourth-order valence-electron chi connectivity index (χ4n) is 1.77. The van der Waals surface area contributed by atoms with E-state index < -0.39 is 0 Å². The summed E-state index contributed by atoms with van der Waals surface area (Å²) in [4.78, 5) is 12.1. The van der Waals surface area contributed by atoms with Crippen LogP contribution in [0.5, 0.6) is 17.2 Å². The van der Waals surface area contributed by atoms with Crippen LogP contribution in [0.1, 0.15) is 6.92 Å². The first kappa shape index (κ1) is 16.4. The molecule has 5 heteroatoms. The van der Waals surface area contributed by atoms with E-state index in [0.29, 0.717) is 17.0 Å². The van der Waals surface area contributed by atoms with Gasteiger partial charge in [0.25, 0.3) is 5.91 Å². The Kier molecular flexibility index (Phi) is 5.63. The van der Waals surface area contributed by atoms with Crippen LogP contribution in [-0.4, -0.2) is 20.1 Å². The lowest BCUT2D eigenvalue weighted by Crippen LogP contribution is -2.13. The van der Waals surface area contributed by atoms with Gasteiger partial charge in [0.1, 0.15) is 17.2 Å². The van der Waals surface area contributed by atoms with Crippen molar-refractivity contribution >= 4 is 11.6 Å². The molecule has 2 rings (SSSR count). The molecular weight excluding hydrogens is 294 g/mol. The average Bonchev–Trinajstić information content (AvgIpc) is 2.60. The van der Waals surface area contributed by atoms with Crippen molar-refractivity contribution < 1.29 is 19.0 Å². The van der Waals surface area contributed by atoms with Crippen molar-refractivity contribution in [1.82, 2.24) is 0 Å². The van der Waals surface area contributed by atoms with E-state index in [9.17, 15) is 4.79 Å². The molecule has 1 N–H and O–H groups in total. The van der Waals surface area contributed by atoms with Crippen LogP contribution in [0.15, 0.2) is 60.4 Å². The van der Waals surface area contributed by atoms with Gasteiger partial charge < -0.3 is 19.5 Å². The summed E-state index contributed by atoms with van der Waals surface area (Å²) in [5.74, 6) is 1.87. The molecule has 0 unspecified atom stereocenters. The first-order valence-electron chi connectivity index (χ1n) is 7.05. The number of carbonyl (C=O) groups excluding carboxylic acids is 1. The van der Waals surface area contributed by atoms with Gasteiger partial charge >= 0.3 is 0 Å². The van der Waals surface area contributed by atoms with Gasteiger partial charge in [0, 0.05) is 11.3 Å². The predicted octanol–water partition coefficient (Wildman–Crippen LogP) is 3.63. The molecule has 0 saturated carbocycles.